The molecule has 0 fully saturated rings. The number of rotatable bonds is 5. The molecule has 0 aliphatic heterocycles. The summed E-state index contributed by atoms with van der Waals surface area (Å²) in [6, 6.07) is 3.62. The van der Waals surface area contributed by atoms with E-state index < -0.39 is 10.0 Å². The van der Waals surface area contributed by atoms with Crippen molar-refractivity contribution in [1.82, 2.24) is 19.3 Å². The van der Waals surface area contributed by atoms with Crippen molar-refractivity contribution < 1.29 is 8.42 Å². The van der Waals surface area contributed by atoms with E-state index in [1.165, 1.54) is 15.9 Å². The second-order valence-corrected chi connectivity index (χ2v) is 8.68. The number of sulfonamides is 1. The van der Waals surface area contributed by atoms with Gasteiger partial charge < -0.3 is 0 Å². The molecule has 3 aromatic heterocycles. The quantitative estimate of drug-likeness (QED) is 0.762. The lowest BCUT2D eigenvalue weighted by molar-refractivity contribution is 0.545. The average molecular weight is 356 g/mol. The SMILES string of the molecule is CCC(NS(=O)(=O)c1c(C)nc2sc(C)nn12)c1cccs1. The van der Waals surface area contributed by atoms with Crippen LogP contribution in [0, 0.1) is 13.8 Å². The number of hydrogen-bond donors (Lipinski definition) is 1. The molecule has 0 aliphatic carbocycles. The van der Waals surface area contributed by atoms with Gasteiger partial charge in [-0.2, -0.15) is 9.61 Å². The van der Waals surface area contributed by atoms with E-state index in [4.69, 9.17) is 0 Å². The molecule has 6 nitrogen and oxygen atoms in total. The summed E-state index contributed by atoms with van der Waals surface area (Å²) in [6.07, 6.45) is 0.677. The Morgan fingerprint density at radius 2 is 2.18 bits per heavy atom. The Kier molecular flexibility index (Phi) is 4.06. The van der Waals surface area contributed by atoms with E-state index in [-0.39, 0.29) is 11.1 Å². The van der Waals surface area contributed by atoms with Gasteiger partial charge in [0.2, 0.25) is 4.96 Å². The van der Waals surface area contributed by atoms with Gasteiger partial charge in [-0.3, -0.25) is 0 Å². The molecule has 0 aliphatic rings. The largest absolute Gasteiger partial charge is 0.260 e. The third-order valence-corrected chi connectivity index (χ3v) is 6.66. The molecule has 9 heteroatoms. The van der Waals surface area contributed by atoms with Crippen LogP contribution >= 0.6 is 22.7 Å². The van der Waals surface area contributed by atoms with Crippen molar-refractivity contribution in [2.24, 2.45) is 0 Å². The Labute approximate surface area is 136 Å². The lowest BCUT2D eigenvalue weighted by Gasteiger charge is -2.15. The summed E-state index contributed by atoms with van der Waals surface area (Å²) >= 11 is 2.92. The van der Waals surface area contributed by atoms with Gasteiger partial charge in [-0.1, -0.05) is 24.3 Å². The number of nitrogens with zero attached hydrogens (tertiary/aromatic N) is 3. The minimum absolute atomic E-state index is 0.127. The third kappa shape index (κ3) is 2.69. The minimum Gasteiger partial charge on any atom is -0.221 e. The number of imidazole rings is 1. The van der Waals surface area contributed by atoms with Gasteiger partial charge in [0, 0.05) is 4.88 Å². The zero-order chi connectivity index (χ0) is 15.9. The molecule has 0 saturated carbocycles. The average Bonchev–Trinajstić information content (AvgIpc) is 3.11. The van der Waals surface area contributed by atoms with Crippen LogP contribution < -0.4 is 4.72 Å². The fraction of sp³-hybridized carbons (Fsp3) is 0.385. The van der Waals surface area contributed by atoms with Crippen molar-refractivity contribution in [3.05, 3.63) is 33.1 Å². The van der Waals surface area contributed by atoms with E-state index in [1.54, 1.807) is 18.3 Å². The van der Waals surface area contributed by atoms with E-state index in [0.29, 0.717) is 17.1 Å². The molecule has 0 radical (unpaired) electrons. The first-order valence-corrected chi connectivity index (χ1v) is 9.99. The van der Waals surface area contributed by atoms with Crippen molar-refractivity contribution in [3.8, 4) is 0 Å². The number of aryl methyl sites for hydroxylation is 2. The predicted octanol–water partition coefficient (Wildman–Crippen LogP) is 2.90. The molecule has 0 amide bonds. The van der Waals surface area contributed by atoms with Crippen LogP contribution in [0.25, 0.3) is 4.96 Å². The molecule has 1 atom stereocenters. The molecular weight excluding hydrogens is 340 g/mol. The maximum Gasteiger partial charge on any atom is 0.260 e. The molecule has 0 bridgehead atoms. The molecule has 0 spiro atoms. The van der Waals surface area contributed by atoms with Crippen LogP contribution in [0.5, 0.6) is 0 Å². The Morgan fingerprint density at radius 3 is 2.82 bits per heavy atom. The molecule has 3 aromatic rings. The van der Waals surface area contributed by atoms with Crippen LogP contribution in [0.15, 0.2) is 22.5 Å². The topological polar surface area (TPSA) is 76.4 Å². The van der Waals surface area contributed by atoms with Gasteiger partial charge in [0.15, 0.2) is 5.03 Å². The normalized spacial score (nSPS) is 13.8. The second-order valence-electron chi connectivity index (χ2n) is 4.92. The minimum atomic E-state index is -3.70. The first-order chi connectivity index (χ1) is 10.4. The maximum absolute atomic E-state index is 12.8. The second kappa shape index (κ2) is 5.73. The fourth-order valence-corrected chi connectivity index (χ4v) is 5.66. The van der Waals surface area contributed by atoms with Gasteiger partial charge in [-0.05, 0) is 31.7 Å². The number of hydrogen-bond acceptors (Lipinski definition) is 6. The Balaban J connectivity index is 2.02. The van der Waals surface area contributed by atoms with Crippen LogP contribution in [0.4, 0.5) is 0 Å². The molecule has 118 valence electrons. The summed E-state index contributed by atoms with van der Waals surface area (Å²) in [4.78, 5) is 5.89. The maximum atomic E-state index is 12.8. The molecule has 1 N–H and O–H groups in total. The van der Waals surface area contributed by atoms with Crippen LogP contribution in [0.1, 0.15) is 35.0 Å². The lowest BCUT2D eigenvalue weighted by atomic mass is 10.2. The fourth-order valence-electron chi connectivity index (χ4n) is 2.31. The molecule has 3 heterocycles. The van der Waals surface area contributed by atoms with E-state index in [0.717, 1.165) is 9.88 Å². The highest BCUT2D eigenvalue weighted by Crippen LogP contribution is 2.26. The van der Waals surface area contributed by atoms with E-state index in [2.05, 4.69) is 14.8 Å². The van der Waals surface area contributed by atoms with Crippen LogP contribution in [-0.4, -0.2) is 23.0 Å². The molecule has 0 saturated heterocycles. The van der Waals surface area contributed by atoms with Crippen molar-refractivity contribution in [1.29, 1.82) is 0 Å². The standard InChI is InChI=1S/C13H16N4O2S3/c1-4-10(11-6-5-7-20-11)16-22(18,19)12-8(2)14-13-17(12)15-9(3)21-13/h5-7,10,16H,4H2,1-3H3. The molecule has 22 heavy (non-hydrogen) atoms. The number of aromatic nitrogens is 3. The first-order valence-electron chi connectivity index (χ1n) is 6.81. The van der Waals surface area contributed by atoms with Gasteiger partial charge in [-0.25, -0.2) is 18.1 Å². The Bertz CT molecular complexity index is 893. The highest BCUT2D eigenvalue weighted by Gasteiger charge is 2.28. The van der Waals surface area contributed by atoms with Gasteiger partial charge >= 0.3 is 0 Å². The van der Waals surface area contributed by atoms with Gasteiger partial charge in [0.25, 0.3) is 10.0 Å². The van der Waals surface area contributed by atoms with Gasteiger partial charge in [-0.15, -0.1) is 11.3 Å². The van der Waals surface area contributed by atoms with E-state index >= 15 is 0 Å². The summed E-state index contributed by atoms with van der Waals surface area (Å²) < 4.78 is 29.8. The molecular formula is C13H16N4O2S3. The smallest absolute Gasteiger partial charge is 0.221 e. The molecule has 0 aromatic carbocycles. The summed E-state index contributed by atoms with van der Waals surface area (Å²) in [7, 11) is -3.70. The third-order valence-electron chi connectivity index (χ3n) is 3.27. The first kappa shape index (κ1) is 15.6. The van der Waals surface area contributed by atoms with E-state index in [9.17, 15) is 8.42 Å². The summed E-state index contributed by atoms with van der Waals surface area (Å²) in [5.74, 6) is 0. The van der Waals surface area contributed by atoms with Gasteiger partial charge in [0.05, 0.1) is 11.7 Å². The zero-order valence-corrected chi connectivity index (χ0v) is 14.8. The van der Waals surface area contributed by atoms with Crippen LogP contribution in [0.2, 0.25) is 0 Å². The van der Waals surface area contributed by atoms with Crippen LogP contribution in [-0.2, 0) is 10.0 Å². The monoisotopic (exact) mass is 356 g/mol. The number of fused-ring (bicyclic) bond motifs is 1. The van der Waals surface area contributed by atoms with Crippen LogP contribution in [0.3, 0.4) is 0 Å². The number of nitrogens with one attached hydrogen (secondary N) is 1. The highest BCUT2D eigenvalue weighted by atomic mass is 32.2. The predicted molar refractivity (Wildman–Crippen MR) is 88.0 cm³/mol. The highest BCUT2D eigenvalue weighted by molar-refractivity contribution is 7.89. The van der Waals surface area contributed by atoms with Crippen molar-refractivity contribution in [2.45, 2.75) is 38.3 Å². The Morgan fingerprint density at radius 1 is 1.41 bits per heavy atom. The molecule has 1 unspecified atom stereocenters. The van der Waals surface area contributed by atoms with Crippen molar-refractivity contribution in [2.75, 3.05) is 0 Å². The van der Waals surface area contributed by atoms with Crippen molar-refractivity contribution >= 4 is 37.7 Å². The summed E-state index contributed by atoms with van der Waals surface area (Å²) in [5.41, 5.74) is 0.465. The zero-order valence-electron chi connectivity index (χ0n) is 12.4. The van der Waals surface area contributed by atoms with Gasteiger partial charge in [0.1, 0.15) is 5.01 Å². The van der Waals surface area contributed by atoms with E-state index in [1.807, 2.05) is 31.4 Å². The van der Waals surface area contributed by atoms with Crippen molar-refractivity contribution in [3.63, 3.8) is 0 Å². The molecule has 3 rings (SSSR count). The summed E-state index contributed by atoms with van der Waals surface area (Å²) in [6.45, 7) is 5.48. The lowest BCUT2D eigenvalue weighted by Crippen LogP contribution is -2.29. The summed E-state index contributed by atoms with van der Waals surface area (Å²) in [5, 5.41) is 7.10. The number of thiophene rings is 1. The Hall–Kier alpha value is -1.29.